The van der Waals surface area contributed by atoms with Crippen LogP contribution in [0.4, 0.5) is 5.82 Å². The molecule has 176 valence electrons. The van der Waals surface area contributed by atoms with Gasteiger partial charge in [-0.05, 0) is 17.5 Å². The van der Waals surface area contributed by atoms with Crippen LogP contribution in [0, 0.1) is 0 Å². The van der Waals surface area contributed by atoms with Crippen LogP contribution in [0.1, 0.15) is 17.5 Å². The van der Waals surface area contributed by atoms with E-state index in [1.165, 1.54) is 11.7 Å². The van der Waals surface area contributed by atoms with E-state index in [1.54, 1.807) is 0 Å². The van der Waals surface area contributed by atoms with Gasteiger partial charge in [0.2, 0.25) is 0 Å². The maximum Gasteiger partial charge on any atom is 0.320 e. The topological polar surface area (TPSA) is 138 Å². The number of imidazole rings is 1. The Kier molecular flexibility index (Phi) is 7.20. The maximum absolute atomic E-state index is 11.6. The summed E-state index contributed by atoms with van der Waals surface area (Å²) in [4.78, 5) is 26.6. The lowest BCUT2D eigenvalue weighted by Gasteiger charge is -2.26. The number of ether oxygens (including phenoxy) is 3. The van der Waals surface area contributed by atoms with Gasteiger partial charge in [0, 0.05) is 19.6 Å². The number of methoxy groups -OCH3 is 1. The molecule has 3 N–H and O–H groups in total. The van der Waals surface area contributed by atoms with E-state index in [2.05, 4.69) is 19.9 Å². The summed E-state index contributed by atoms with van der Waals surface area (Å²) in [7, 11) is 1.36. The average molecular weight is 457 g/mol. The molecule has 2 aromatic heterocycles. The first kappa shape index (κ1) is 22.7. The fourth-order valence-corrected chi connectivity index (χ4v) is 3.74. The molecule has 0 amide bonds. The number of hydrogen-bond donors (Lipinski definition) is 2. The van der Waals surface area contributed by atoms with E-state index in [0.29, 0.717) is 17.8 Å². The highest BCUT2D eigenvalue weighted by molar-refractivity contribution is 5.83. The number of aromatic hydroxyl groups is 1. The molecule has 1 aliphatic rings. The summed E-state index contributed by atoms with van der Waals surface area (Å²) < 4.78 is 17.4. The van der Waals surface area contributed by atoms with Crippen molar-refractivity contribution >= 4 is 23.0 Å². The summed E-state index contributed by atoms with van der Waals surface area (Å²) in [6, 6.07) is 7.36. The van der Waals surface area contributed by atoms with E-state index in [9.17, 15) is 9.90 Å². The van der Waals surface area contributed by atoms with Gasteiger partial charge in [0.05, 0.1) is 39.9 Å². The number of hydrogen-bond acceptors (Lipinski definition) is 10. The quantitative estimate of drug-likeness (QED) is 0.354. The summed E-state index contributed by atoms with van der Waals surface area (Å²) in [5.74, 6) is -0.185. The molecule has 1 aromatic carbocycles. The maximum atomic E-state index is 11.6. The smallest absolute Gasteiger partial charge is 0.320 e. The summed E-state index contributed by atoms with van der Waals surface area (Å²) in [6.45, 7) is 5.00. The van der Waals surface area contributed by atoms with Gasteiger partial charge >= 0.3 is 12.0 Å². The Bertz CT molecular complexity index is 1110. The van der Waals surface area contributed by atoms with Crippen LogP contribution in [0.25, 0.3) is 11.2 Å². The van der Waals surface area contributed by atoms with Gasteiger partial charge in [-0.1, -0.05) is 24.3 Å². The molecule has 3 aromatic rings. The van der Waals surface area contributed by atoms with Gasteiger partial charge in [-0.2, -0.15) is 15.0 Å². The minimum absolute atomic E-state index is 0.136. The molecule has 0 saturated carbocycles. The second kappa shape index (κ2) is 10.5. The van der Waals surface area contributed by atoms with E-state index >= 15 is 0 Å². The first-order valence-electron chi connectivity index (χ1n) is 10.8. The lowest BCUT2D eigenvalue weighted by molar-refractivity contribution is -0.139. The van der Waals surface area contributed by atoms with Crippen molar-refractivity contribution in [3.05, 3.63) is 35.4 Å². The third-order valence-corrected chi connectivity index (χ3v) is 5.44. The number of benzene rings is 1. The molecule has 0 radical (unpaired) electrons. The zero-order chi connectivity index (χ0) is 23.2. The third kappa shape index (κ3) is 5.68. The Morgan fingerprint density at radius 3 is 2.79 bits per heavy atom. The zero-order valence-corrected chi connectivity index (χ0v) is 18.6. The van der Waals surface area contributed by atoms with E-state index in [0.717, 1.165) is 50.4 Å². The predicted octanol–water partition coefficient (Wildman–Crippen LogP) is 0.979. The summed E-state index contributed by atoms with van der Waals surface area (Å²) >= 11 is 0. The molecule has 1 fully saturated rings. The number of nitrogen functional groups attached to an aromatic ring is 1. The monoisotopic (exact) mass is 456 g/mol. The van der Waals surface area contributed by atoms with Crippen molar-refractivity contribution in [1.82, 2.24) is 24.4 Å². The summed E-state index contributed by atoms with van der Waals surface area (Å²) in [5, 5.41) is 10.4. The molecule has 0 bridgehead atoms. The van der Waals surface area contributed by atoms with Gasteiger partial charge in [0.25, 0.3) is 6.01 Å². The van der Waals surface area contributed by atoms with E-state index in [-0.39, 0.29) is 36.8 Å². The van der Waals surface area contributed by atoms with Crippen LogP contribution in [0.5, 0.6) is 12.0 Å². The average Bonchev–Trinajstić information content (AvgIpc) is 3.13. The fourth-order valence-electron chi connectivity index (χ4n) is 3.74. The molecule has 1 aliphatic heterocycles. The Labute approximate surface area is 191 Å². The molecular formula is C22H28N6O5. The number of nitrogens with two attached hydrogens (primary N) is 1. The Morgan fingerprint density at radius 1 is 1.21 bits per heavy atom. The van der Waals surface area contributed by atoms with Gasteiger partial charge in [0.1, 0.15) is 0 Å². The first-order valence-corrected chi connectivity index (χ1v) is 10.8. The second-order valence-electron chi connectivity index (χ2n) is 7.79. The Balaban J connectivity index is 1.47. The molecule has 0 atom stereocenters. The normalized spacial score (nSPS) is 14.5. The summed E-state index contributed by atoms with van der Waals surface area (Å²) in [6.07, 6.45) is 0.983. The predicted molar refractivity (Wildman–Crippen MR) is 120 cm³/mol. The summed E-state index contributed by atoms with van der Waals surface area (Å²) in [5.41, 5.74) is 8.40. The number of carbonyl (C=O) groups is 1. The number of fused-ring (bicyclic) bond motifs is 1. The Morgan fingerprint density at radius 2 is 2.00 bits per heavy atom. The molecule has 3 heterocycles. The van der Waals surface area contributed by atoms with Gasteiger partial charge in [0.15, 0.2) is 17.0 Å². The van der Waals surface area contributed by atoms with E-state index in [4.69, 9.17) is 19.9 Å². The molecule has 33 heavy (non-hydrogen) atoms. The number of rotatable bonds is 9. The number of morpholine rings is 1. The number of anilines is 1. The minimum Gasteiger partial charge on any atom is -0.480 e. The number of nitrogens with zero attached hydrogens (tertiary/aromatic N) is 5. The van der Waals surface area contributed by atoms with Crippen molar-refractivity contribution in [3.8, 4) is 12.0 Å². The lowest BCUT2D eigenvalue weighted by atomic mass is 10.1. The van der Waals surface area contributed by atoms with Crippen LogP contribution in [0.2, 0.25) is 0 Å². The minimum atomic E-state index is -0.320. The molecule has 1 saturated heterocycles. The van der Waals surface area contributed by atoms with Crippen LogP contribution >= 0.6 is 0 Å². The standard InChI is InChI=1S/C22H28N6O5/c1-31-17(29)13-15-4-2-5-16(12-15)14-28-20-18(24-22(28)30)19(23)25-21(26-20)33-9-3-6-27-7-10-32-11-8-27/h2,4-5,12H,3,6-11,13-14H2,1H3,(H,24,30)(H2,23,25,26). The van der Waals surface area contributed by atoms with Crippen molar-refractivity contribution in [2.45, 2.75) is 19.4 Å². The molecule has 0 unspecified atom stereocenters. The highest BCUT2D eigenvalue weighted by Gasteiger charge is 2.18. The second-order valence-corrected chi connectivity index (χ2v) is 7.79. The van der Waals surface area contributed by atoms with Gasteiger partial charge in [-0.25, -0.2) is 0 Å². The number of esters is 1. The Hall–Kier alpha value is -3.44. The zero-order valence-electron chi connectivity index (χ0n) is 18.6. The highest BCUT2D eigenvalue weighted by Crippen LogP contribution is 2.26. The third-order valence-electron chi connectivity index (χ3n) is 5.44. The fraction of sp³-hybridized carbons (Fsp3) is 0.455. The van der Waals surface area contributed by atoms with Crippen molar-refractivity contribution in [2.24, 2.45) is 0 Å². The molecule has 0 aliphatic carbocycles. The van der Waals surface area contributed by atoms with Crippen LogP contribution in [0.15, 0.2) is 24.3 Å². The number of aromatic nitrogens is 4. The van der Waals surface area contributed by atoms with Gasteiger partial charge in [-0.15, -0.1) is 0 Å². The van der Waals surface area contributed by atoms with Crippen molar-refractivity contribution in [2.75, 3.05) is 52.3 Å². The van der Waals surface area contributed by atoms with Crippen LogP contribution in [-0.2, 0) is 27.2 Å². The van der Waals surface area contributed by atoms with Crippen LogP contribution in [0.3, 0.4) is 0 Å². The molecule has 0 spiro atoms. The SMILES string of the molecule is COC(=O)Cc1cccc(Cn2c(O)nc3c(N)nc(OCCCN4CCOCC4)nc32)c1. The van der Waals surface area contributed by atoms with Gasteiger partial charge < -0.3 is 25.1 Å². The first-order chi connectivity index (χ1) is 16.0. The van der Waals surface area contributed by atoms with Crippen molar-refractivity contribution in [1.29, 1.82) is 0 Å². The van der Waals surface area contributed by atoms with Crippen LogP contribution < -0.4 is 10.5 Å². The van der Waals surface area contributed by atoms with Gasteiger partial charge in [-0.3, -0.25) is 14.3 Å². The van der Waals surface area contributed by atoms with Crippen LogP contribution in [-0.4, -0.2) is 82.1 Å². The molecule has 11 heteroatoms. The van der Waals surface area contributed by atoms with E-state index < -0.39 is 0 Å². The largest absolute Gasteiger partial charge is 0.480 e. The number of carbonyl (C=O) groups excluding carboxylic acids is 1. The lowest BCUT2D eigenvalue weighted by Crippen LogP contribution is -2.37. The molecular weight excluding hydrogens is 428 g/mol. The van der Waals surface area contributed by atoms with Crippen molar-refractivity contribution < 1.29 is 24.1 Å². The highest BCUT2D eigenvalue weighted by atomic mass is 16.5. The molecule has 4 rings (SSSR count). The molecule has 11 nitrogen and oxygen atoms in total. The van der Waals surface area contributed by atoms with Crippen molar-refractivity contribution in [3.63, 3.8) is 0 Å². The van der Waals surface area contributed by atoms with E-state index in [1.807, 2.05) is 24.3 Å².